The molecule has 0 aromatic rings. The first kappa shape index (κ1) is 108. The van der Waals surface area contributed by atoms with Crippen molar-refractivity contribution in [3.05, 3.63) is 0 Å². The molecule has 110 heavy (non-hydrogen) atoms. The van der Waals surface area contributed by atoms with Gasteiger partial charge in [-0.1, -0.05) is 446 Å². The van der Waals surface area contributed by atoms with Crippen LogP contribution >= 0.6 is 15.6 Å². The van der Waals surface area contributed by atoms with Gasteiger partial charge < -0.3 is 33.8 Å². The Hall–Kier alpha value is -1.94. The third-order valence-electron chi connectivity index (χ3n) is 21.5. The van der Waals surface area contributed by atoms with Crippen molar-refractivity contribution < 1.29 is 80.2 Å². The highest BCUT2D eigenvalue weighted by Crippen LogP contribution is 2.45. The highest BCUT2D eigenvalue weighted by atomic mass is 31.2. The number of esters is 4. The Labute approximate surface area is 677 Å². The van der Waals surface area contributed by atoms with E-state index in [0.29, 0.717) is 31.6 Å². The van der Waals surface area contributed by atoms with Gasteiger partial charge in [-0.2, -0.15) is 0 Å². The maximum atomic E-state index is 13.2. The summed E-state index contributed by atoms with van der Waals surface area (Å²) in [6, 6.07) is 0. The van der Waals surface area contributed by atoms with E-state index in [1.54, 1.807) is 0 Å². The third-order valence-corrected chi connectivity index (χ3v) is 23.4. The molecule has 0 heterocycles. The summed E-state index contributed by atoms with van der Waals surface area (Å²) in [6.07, 6.45) is 79.5. The molecule has 0 fully saturated rings. The molecule has 0 aliphatic heterocycles. The van der Waals surface area contributed by atoms with Crippen molar-refractivity contribution in [3.8, 4) is 0 Å². The number of carbonyl (C=O) groups is 4. The number of ether oxygens (including phenoxy) is 4. The Morgan fingerprint density at radius 1 is 0.245 bits per heavy atom. The smallest absolute Gasteiger partial charge is 0.462 e. The minimum absolute atomic E-state index is 0.108. The van der Waals surface area contributed by atoms with Crippen molar-refractivity contribution in [2.45, 2.75) is 515 Å². The first-order valence-electron chi connectivity index (χ1n) is 47.1. The zero-order chi connectivity index (χ0) is 80.4. The second-order valence-corrected chi connectivity index (χ2v) is 36.1. The molecule has 654 valence electrons. The van der Waals surface area contributed by atoms with Crippen molar-refractivity contribution in [1.82, 2.24) is 0 Å². The molecule has 0 spiro atoms. The number of hydrogen-bond acceptors (Lipinski definition) is 15. The van der Waals surface area contributed by atoms with Gasteiger partial charge >= 0.3 is 39.5 Å². The van der Waals surface area contributed by atoms with Gasteiger partial charge in [-0.25, -0.2) is 9.13 Å². The average Bonchev–Trinajstić information content (AvgIpc) is 0.897. The summed E-state index contributed by atoms with van der Waals surface area (Å²) in [4.78, 5) is 73.4. The number of aliphatic hydroxyl groups is 1. The number of unbranched alkanes of at least 4 members (excludes halogenated alkanes) is 63. The van der Waals surface area contributed by atoms with Gasteiger partial charge in [0.2, 0.25) is 0 Å². The minimum Gasteiger partial charge on any atom is -0.462 e. The molecule has 3 N–H and O–H groups in total. The molecule has 0 saturated carbocycles. The molecule has 0 saturated heterocycles. The highest BCUT2D eigenvalue weighted by Gasteiger charge is 2.31. The van der Waals surface area contributed by atoms with Crippen molar-refractivity contribution in [1.29, 1.82) is 0 Å². The molecule has 2 unspecified atom stereocenters. The van der Waals surface area contributed by atoms with Crippen LogP contribution in [0.15, 0.2) is 0 Å². The van der Waals surface area contributed by atoms with Crippen LogP contribution in [0.2, 0.25) is 0 Å². The number of phosphoric ester groups is 2. The summed E-state index contributed by atoms with van der Waals surface area (Å²) in [5.41, 5.74) is 0. The molecule has 19 heteroatoms. The first-order chi connectivity index (χ1) is 53.5. The Bertz CT molecular complexity index is 2080. The van der Waals surface area contributed by atoms with Crippen LogP contribution in [0, 0.1) is 5.92 Å². The van der Waals surface area contributed by atoms with E-state index in [1.165, 1.54) is 315 Å². The molecular formula is C91H178O17P2. The van der Waals surface area contributed by atoms with E-state index in [4.69, 9.17) is 37.0 Å². The van der Waals surface area contributed by atoms with E-state index < -0.39 is 97.5 Å². The van der Waals surface area contributed by atoms with Crippen molar-refractivity contribution in [3.63, 3.8) is 0 Å². The maximum Gasteiger partial charge on any atom is 0.472 e. The fraction of sp³-hybridized carbons (Fsp3) is 0.956. The van der Waals surface area contributed by atoms with E-state index in [-0.39, 0.29) is 25.7 Å². The summed E-state index contributed by atoms with van der Waals surface area (Å²) in [6.45, 7) is 7.34. The predicted octanol–water partition coefficient (Wildman–Crippen LogP) is 28.3. The highest BCUT2D eigenvalue weighted by molar-refractivity contribution is 7.47. The van der Waals surface area contributed by atoms with Gasteiger partial charge in [0.15, 0.2) is 12.2 Å². The van der Waals surface area contributed by atoms with Gasteiger partial charge in [-0.3, -0.25) is 37.3 Å². The van der Waals surface area contributed by atoms with Crippen molar-refractivity contribution >= 4 is 39.5 Å². The predicted molar refractivity (Wildman–Crippen MR) is 455 cm³/mol. The van der Waals surface area contributed by atoms with Crippen LogP contribution in [0.5, 0.6) is 0 Å². The Morgan fingerprint density at radius 2 is 0.418 bits per heavy atom. The maximum absolute atomic E-state index is 13.2. The molecule has 0 bridgehead atoms. The lowest BCUT2D eigenvalue weighted by molar-refractivity contribution is -0.161. The van der Waals surface area contributed by atoms with Crippen LogP contribution in [0.1, 0.15) is 497 Å². The van der Waals surface area contributed by atoms with Crippen molar-refractivity contribution in [2.24, 2.45) is 5.92 Å². The zero-order valence-electron chi connectivity index (χ0n) is 72.4. The molecule has 0 aliphatic rings. The number of phosphoric acid groups is 2. The van der Waals surface area contributed by atoms with E-state index >= 15 is 0 Å². The summed E-state index contributed by atoms with van der Waals surface area (Å²) in [5.74, 6) is -1.39. The number of aliphatic hydroxyl groups excluding tert-OH is 1. The normalized spacial score (nSPS) is 13.7. The molecule has 0 aromatic heterocycles. The molecule has 5 atom stereocenters. The molecule has 0 rings (SSSR count). The monoisotopic (exact) mass is 1610 g/mol. The Morgan fingerprint density at radius 3 is 0.618 bits per heavy atom. The molecule has 0 amide bonds. The molecule has 17 nitrogen and oxygen atoms in total. The van der Waals surface area contributed by atoms with Crippen LogP contribution in [-0.4, -0.2) is 96.7 Å². The van der Waals surface area contributed by atoms with Crippen LogP contribution in [-0.2, 0) is 65.4 Å². The SMILES string of the molecule is CCCCCCCCCCCCCCCCCCCCCCCCC(=O)O[C@H](COC(=O)CCCCCCCCCCCCCCCCCCCCC)COP(=O)(O)OC[C@@H](O)COP(=O)(O)OC[C@@H](COC(=O)CCCCCCCCCC(C)C)OC(=O)CCCCCCCCCCCCCCCCCCCCC. The van der Waals surface area contributed by atoms with Crippen LogP contribution in [0.4, 0.5) is 0 Å². The second-order valence-electron chi connectivity index (χ2n) is 33.2. The van der Waals surface area contributed by atoms with E-state index in [0.717, 1.165) is 96.3 Å². The summed E-state index contributed by atoms with van der Waals surface area (Å²) in [7, 11) is -9.93. The first-order valence-corrected chi connectivity index (χ1v) is 50.1. The van der Waals surface area contributed by atoms with E-state index in [1.807, 2.05) is 0 Å². The Kier molecular flexibility index (Phi) is 82.1. The van der Waals surface area contributed by atoms with Gasteiger partial charge in [-0.15, -0.1) is 0 Å². The topological polar surface area (TPSA) is 237 Å². The molecular weight excluding hydrogens is 1430 g/mol. The fourth-order valence-electron chi connectivity index (χ4n) is 14.4. The van der Waals surface area contributed by atoms with Crippen LogP contribution < -0.4 is 0 Å². The molecule has 0 aliphatic carbocycles. The minimum atomic E-state index is -4.97. The Balaban J connectivity index is 5.21. The van der Waals surface area contributed by atoms with Crippen LogP contribution in [0.25, 0.3) is 0 Å². The fourth-order valence-corrected chi connectivity index (χ4v) is 15.9. The van der Waals surface area contributed by atoms with Gasteiger partial charge in [0.25, 0.3) is 0 Å². The molecule has 0 radical (unpaired) electrons. The standard InChI is InChI=1S/C91H178O17P2/c1-6-9-12-15-18-21-24-27-30-33-36-37-38-41-44-47-50-53-56-61-67-71-76-90(95)107-86(80-101-88(93)74-69-64-59-54-51-48-45-42-39-34-31-28-25-22-19-16-13-10-7-2)82-105-109(97,98)103-78-85(92)79-104-110(99,100)106-83-87(81-102-89(94)75-70-65-62-57-58-63-68-73-84(4)5)108-91(96)77-72-66-60-55-52-49-46-43-40-35-32-29-26-23-20-17-14-11-8-3/h84-87,92H,6-83H2,1-5H3,(H,97,98)(H,99,100)/t85-,86-,87-/m1/s1. The number of hydrogen-bond donors (Lipinski definition) is 3. The largest absolute Gasteiger partial charge is 0.472 e. The van der Waals surface area contributed by atoms with Gasteiger partial charge in [0, 0.05) is 25.7 Å². The van der Waals surface area contributed by atoms with E-state index in [2.05, 4.69) is 34.6 Å². The number of rotatable bonds is 91. The average molecular weight is 1610 g/mol. The van der Waals surface area contributed by atoms with E-state index in [9.17, 15) is 43.2 Å². The number of carbonyl (C=O) groups excluding carboxylic acids is 4. The quantitative estimate of drug-likeness (QED) is 0.0222. The summed E-state index contributed by atoms with van der Waals surface area (Å²) in [5, 5.41) is 10.7. The summed E-state index contributed by atoms with van der Waals surface area (Å²) >= 11 is 0. The zero-order valence-corrected chi connectivity index (χ0v) is 74.2. The second kappa shape index (κ2) is 83.5. The van der Waals surface area contributed by atoms with Gasteiger partial charge in [0.05, 0.1) is 26.4 Å². The van der Waals surface area contributed by atoms with Gasteiger partial charge in [0.1, 0.15) is 19.3 Å². The molecule has 0 aromatic carbocycles. The third kappa shape index (κ3) is 84.0. The van der Waals surface area contributed by atoms with Crippen molar-refractivity contribution in [2.75, 3.05) is 39.6 Å². The van der Waals surface area contributed by atoms with Crippen LogP contribution in [0.3, 0.4) is 0 Å². The summed E-state index contributed by atoms with van der Waals surface area (Å²) < 4.78 is 69.0. The lowest BCUT2D eigenvalue weighted by atomic mass is 10.0. The lowest BCUT2D eigenvalue weighted by Crippen LogP contribution is -2.30. The van der Waals surface area contributed by atoms with Gasteiger partial charge in [-0.05, 0) is 31.6 Å². The lowest BCUT2D eigenvalue weighted by Gasteiger charge is -2.21.